The van der Waals surface area contributed by atoms with E-state index in [-0.39, 0.29) is 29.4 Å². The molecule has 0 aliphatic heterocycles. The van der Waals surface area contributed by atoms with Gasteiger partial charge >= 0.3 is 5.97 Å². The number of carboxylic acid groups (broad SMARTS) is 1. The maximum atomic E-state index is 13.0. The summed E-state index contributed by atoms with van der Waals surface area (Å²) >= 11 is 6.27. The number of amides is 1. The van der Waals surface area contributed by atoms with Gasteiger partial charge in [-0.3, -0.25) is 4.79 Å². The minimum absolute atomic E-state index is 0.137. The van der Waals surface area contributed by atoms with Gasteiger partial charge in [0.2, 0.25) is 0 Å². The van der Waals surface area contributed by atoms with Crippen molar-refractivity contribution in [2.75, 3.05) is 0 Å². The zero-order valence-corrected chi connectivity index (χ0v) is 13.9. The SMILES string of the molecule is CC(c1ccccc1Cl)N(C(=O)c1cccc(C(=O)O)n1)C1CC1. The van der Waals surface area contributed by atoms with Crippen LogP contribution >= 0.6 is 11.6 Å². The van der Waals surface area contributed by atoms with Crippen molar-refractivity contribution in [3.05, 3.63) is 64.4 Å². The Balaban J connectivity index is 1.94. The molecular weight excluding hydrogens is 328 g/mol. The maximum absolute atomic E-state index is 13.0. The molecule has 2 aromatic rings. The van der Waals surface area contributed by atoms with E-state index in [0.29, 0.717) is 5.02 Å². The summed E-state index contributed by atoms with van der Waals surface area (Å²) in [5.74, 6) is -1.42. The molecule has 1 saturated carbocycles. The summed E-state index contributed by atoms with van der Waals surface area (Å²) in [6, 6.07) is 11.8. The van der Waals surface area contributed by atoms with E-state index in [4.69, 9.17) is 16.7 Å². The normalized spacial score (nSPS) is 14.9. The Kier molecular flexibility index (Phi) is 4.53. The molecule has 1 aliphatic carbocycles. The van der Waals surface area contributed by atoms with E-state index in [1.807, 2.05) is 25.1 Å². The van der Waals surface area contributed by atoms with Crippen LogP contribution in [-0.4, -0.2) is 32.9 Å². The number of carbonyl (C=O) groups excluding carboxylic acids is 1. The molecule has 24 heavy (non-hydrogen) atoms. The van der Waals surface area contributed by atoms with Gasteiger partial charge < -0.3 is 10.0 Å². The van der Waals surface area contributed by atoms with Gasteiger partial charge in [-0.05, 0) is 43.5 Å². The first kappa shape index (κ1) is 16.5. The van der Waals surface area contributed by atoms with Gasteiger partial charge in [-0.15, -0.1) is 0 Å². The molecule has 0 saturated heterocycles. The highest BCUT2D eigenvalue weighted by molar-refractivity contribution is 6.31. The zero-order chi connectivity index (χ0) is 17.3. The predicted octanol–water partition coefficient (Wildman–Crippen LogP) is 3.80. The standard InChI is InChI=1S/C18H17ClN2O3/c1-11(13-5-2-3-6-14(13)19)21(12-9-10-12)17(22)15-7-4-8-16(20-15)18(23)24/h2-8,11-12H,9-10H2,1H3,(H,23,24). The van der Waals surface area contributed by atoms with Crippen LogP contribution in [0.2, 0.25) is 5.02 Å². The van der Waals surface area contributed by atoms with E-state index in [1.54, 1.807) is 17.0 Å². The lowest BCUT2D eigenvalue weighted by Crippen LogP contribution is -2.36. The number of carboxylic acids is 1. The Morgan fingerprint density at radius 1 is 1.17 bits per heavy atom. The second-order valence-corrected chi connectivity index (χ2v) is 6.26. The maximum Gasteiger partial charge on any atom is 0.354 e. The molecule has 1 unspecified atom stereocenters. The fraction of sp³-hybridized carbons (Fsp3) is 0.278. The minimum Gasteiger partial charge on any atom is -0.477 e. The fourth-order valence-electron chi connectivity index (χ4n) is 2.78. The number of aromatic carboxylic acids is 1. The molecule has 124 valence electrons. The van der Waals surface area contributed by atoms with Gasteiger partial charge in [-0.25, -0.2) is 9.78 Å². The van der Waals surface area contributed by atoms with Crippen molar-refractivity contribution in [1.29, 1.82) is 0 Å². The average Bonchev–Trinajstić information content (AvgIpc) is 3.40. The smallest absolute Gasteiger partial charge is 0.354 e. The molecular formula is C18H17ClN2O3. The van der Waals surface area contributed by atoms with Gasteiger partial charge in [0.1, 0.15) is 11.4 Å². The van der Waals surface area contributed by atoms with Crippen molar-refractivity contribution in [2.24, 2.45) is 0 Å². The molecule has 1 fully saturated rings. The van der Waals surface area contributed by atoms with E-state index in [2.05, 4.69) is 4.98 Å². The molecule has 1 heterocycles. The molecule has 6 heteroatoms. The van der Waals surface area contributed by atoms with Crippen molar-refractivity contribution < 1.29 is 14.7 Å². The lowest BCUT2D eigenvalue weighted by atomic mass is 10.1. The number of nitrogens with zero attached hydrogens (tertiary/aromatic N) is 2. The van der Waals surface area contributed by atoms with Gasteiger partial charge in [-0.1, -0.05) is 35.9 Å². The zero-order valence-electron chi connectivity index (χ0n) is 13.1. The van der Waals surface area contributed by atoms with E-state index in [1.165, 1.54) is 12.1 Å². The summed E-state index contributed by atoms with van der Waals surface area (Å²) in [4.78, 5) is 29.8. The lowest BCUT2D eigenvalue weighted by Gasteiger charge is -2.30. The first-order chi connectivity index (χ1) is 11.5. The quantitative estimate of drug-likeness (QED) is 0.895. The molecule has 0 radical (unpaired) electrons. The minimum atomic E-state index is -1.15. The third-order valence-electron chi connectivity index (χ3n) is 4.13. The number of benzene rings is 1. The highest BCUT2D eigenvalue weighted by Crippen LogP contribution is 2.37. The summed E-state index contributed by atoms with van der Waals surface area (Å²) in [6.07, 6.45) is 1.86. The average molecular weight is 345 g/mol. The van der Waals surface area contributed by atoms with Crippen molar-refractivity contribution in [1.82, 2.24) is 9.88 Å². The lowest BCUT2D eigenvalue weighted by molar-refractivity contribution is 0.0666. The van der Waals surface area contributed by atoms with Gasteiger partial charge in [0.15, 0.2) is 0 Å². The summed E-state index contributed by atoms with van der Waals surface area (Å²) in [6.45, 7) is 1.93. The summed E-state index contributed by atoms with van der Waals surface area (Å²) in [7, 11) is 0. The second-order valence-electron chi connectivity index (χ2n) is 5.85. The van der Waals surface area contributed by atoms with Crippen LogP contribution in [0.25, 0.3) is 0 Å². The highest BCUT2D eigenvalue weighted by Gasteiger charge is 2.37. The number of hydrogen-bond acceptors (Lipinski definition) is 3. The van der Waals surface area contributed by atoms with Crippen LogP contribution in [-0.2, 0) is 0 Å². The third-order valence-corrected chi connectivity index (χ3v) is 4.48. The highest BCUT2D eigenvalue weighted by atomic mass is 35.5. The topological polar surface area (TPSA) is 70.5 Å². The molecule has 1 aliphatic rings. The number of pyridine rings is 1. The van der Waals surface area contributed by atoms with E-state index >= 15 is 0 Å². The third kappa shape index (κ3) is 3.26. The Morgan fingerprint density at radius 2 is 1.83 bits per heavy atom. The van der Waals surface area contributed by atoms with E-state index in [0.717, 1.165) is 18.4 Å². The Hall–Kier alpha value is -2.40. The molecule has 1 N–H and O–H groups in total. The second kappa shape index (κ2) is 6.61. The molecule has 5 nitrogen and oxygen atoms in total. The number of hydrogen-bond donors (Lipinski definition) is 1. The summed E-state index contributed by atoms with van der Waals surface area (Å²) in [5, 5.41) is 9.68. The molecule has 1 aromatic heterocycles. The Bertz CT molecular complexity index is 789. The van der Waals surface area contributed by atoms with Crippen LogP contribution in [0.5, 0.6) is 0 Å². The van der Waals surface area contributed by atoms with Crippen molar-refractivity contribution in [2.45, 2.75) is 31.8 Å². The molecule has 1 amide bonds. The molecule has 1 aromatic carbocycles. The first-order valence-electron chi connectivity index (χ1n) is 7.76. The Labute approximate surface area is 144 Å². The van der Waals surface area contributed by atoms with Gasteiger partial charge in [0.25, 0.3) is 5.91 Å². The molecule has 0 bridgehead atoms. The molecule has 3 rings (SSSR count). The first-order valence-corrected chi connectivity index (χ1v) is 8.14. The van der Waals surface area contributed by atoms with Crippen LogP contribution < -0.4 is 0 Å². The van der Waals surface area contributed by atoms with E-state index in [9.17, 15) is 9.59 Å². The van der Waals surface area contributed by atoms with Crippen LogP contribution in [0.1, 0.15) is 52.3 Å². The Morgan fingerprint density at radius 3 is 2.46 bits per heavy atom. The van der Waals surface area contributed by atoms with Crippen molar-refractivity contribution in [3.63, 3.8) is 0 Å². The number of aromatic nitrogens is 1. The van der Waals surface area contributed by atoms with Crippen LogP contribution in [0.3, 0.4) is 0 Å². The van der Waals surface area contributed by atoms with Crippen molar-refractivity contribution in [3.8, 4) is 0 Å². The number of halogens is 1. The monoisotopic (exact) mass is 344 g/mol. The van der Waals surface area contributed by atoms with Crippen LogP contribution in [0.4, 0.5) is 0 Å². The van der Waals surface area contributed by atoms with Crippen LogP contribution in [0.15, 0.2) is 42.5 Å². The number of carbonyl (C=O) groups is 2. The number of rotatable bonds is 5. The molecule has 0 spiro atoms. The molecule has 1 atom stereocenters. The predicted molar refractivity (Wildman–Crippen MR) is 90.3 cm³/mol. The van der Waals surface area contributed by atoms with Crippen molar-refractivity contribution >= 4 is 23.5 Å². The van der Waals surface area contributed by atoms with Gasteiger partial charge in [0, 0.05) is 11.1 Å². The largest absolute Gasteiger partial charge is 0.477 e. The summed E-state index contributed by atoms with van der Waals surface area (Å²) < 4.78 is 0. The van der Waals surface area contributed by atoms with E-state index < -0.39 is 5.97 Å². The summed E-state index contributed by atoms with van der Waals surface area (Å²) in [5.41, 5.74) is 0.872. The van der Waals surface area contributed by atoms with Gasteiger partial charge in [0.05, 0.1) is 6.04 Å². The van der Waals surface area contributed by atoms with Crippen LogP contribution in [0, 0.1) is 0 Å². The van der Waals surface area contributed by atoms with Gasteiger partial charge in [-0.2, -0.15) is 0 Å². The fourth-order valence-corrected chi connectivity index (χ4v) is 3.07.